The van der Waals surface area contributed by atoms with Gasteiger partial charge in [-0.2, -0.15) is 5.26 Å². The van der Waals surface area contributed by atoms with E-state index >= 15 is 0 Å². The van der Waals surface area contributed by atoms with E-state index in [9.17, 15) is 14.9 Å². The van der Waals surface area contributed by atoms with Crippen LogP contribution < -0.4 is 10.1 Å². The van der Waals surface area contributed by atoms with Crippen LogP contribution in [-0.2, 0) is 35.4 Å². The minimum atomic E-state index is -0.151. The molecule has 34 heavy (non-hydrogen) atoms. The Morgan fingerprint density at radius 1 is 1.29 bits per heavy atom. The van der Waals surface area contributed by atoms with Gasteiger partial charge < -0.3 is 15.0 Å². The number of hydrogen-bond donors (Lipinski definition) is 1. The van der Waals surface area contributed by atoms with Crippen molar-refractivity contribution >= 4 is 28.2 Å². The molecule has 2 aromatic heterocycles. The number of nitriles is 1. The van der Waals surface area contributed by atoms with Crippen LogP contribution in [-0.4, -0.2) is 35.4 Å². The predicted octanol–water partition coefficient (Wildman–Crippen LogP) is 4.03. The summed E-state index contributed by atoms with van der Waals surface area (Å²) < 4.78 is 5.40. The average molecular weight is 475 g/mol. The molecule has 1 aliphatic heterocycles. The zero-order valence-electron chi connectivity index (χ0n) is 19.3. The molecule has 0 radical (unpaired) electrons. The number of nitrogens with zero attached hydrogens (tertiary/aromatic N) is 3. The zero-order valence-corrected chi connectivity index (χ0v) is 20.1. The number of methoxy groups -OCH3 is 1. The molecule has 3 heterocycles. The molecular formula is C26H26N4O3S. The predicted molar refractivity (Wildman–Crippen MR) is 131 cm³/mol. The molecule has 1 aliphatic rings. The van der Waals surface area contributed by atoms with Crippen LogP contribution in [0.3, 0.4) is 0 Å². The third-order valence-corrected chi connectivity index (χ3v) is 7.02. The lowest BCUT2D eigenvalue weighted by Gasteiger charge is -2.27. The molecule has 0 saturated heterocycles. The number of amides is 2. The molecule has 8 heteroatoms. The highest BCUT2D eigenvalue weighted by Crippen LogP contribution is 2.37. The number of aromatic nitrogens is 1. The second-order valence-electron chi connectivity index (χ2n) is 8.25. The number of pyridine rings is 1. The van der Waals surface area contributed by atoms with Gasteiger partial charge in [0.1, 0.15) is 16.8 Å². The van der Waals surface area contributed by atoms with E-state index < -0.39 is 0 Å². The first-order valence-corrected chi connectivity index (χ1v) is 12.0. The minimum Gasteiger partial charge on any atom is -0.496 e. The quantitative estimate of drug-likeness (QED) is 0.558. The molecule has 0 bridgehead atoms. The molecule has 4 rings (SSSR count). The lowest BCUT2D eigenvalue weighted by molar-refractivity contribution is -0.131. The fourth-order valence-corrected chi connectivity index (χ4v) is 5.36. The van der Waals surface area contributed by atoms with Gasteiger partial charge >= 0.3 is 0 Å². The lowest BCUT2D eigenvalue weighted by atomic mass is 10.0. The highest BCUT2D eigenvalue weighted by atomic mass is 32.1. The van der Waals surface area contributed by atoms with Crippen LogP contribution in [0.5, 0.6) is 5.75 Å². The molecule has 0 aliphatic carbocycles. The fraction of sp³-hybridized carbons (Fsp3) is 0.308. The van der Waals surface area contributed by atoms with Crippen LogP contribution in [0, 0.1) is 18.3 Å². The van der Waals surface area contributed by atoms with E-state index in [1.165, 1.54) is 11.3 Å². The third-order valence-electron chi connectivity index (χ3n) is 5.89. The molecule has 0 saturated carbocycles. The van der Waals surface area contributed by atoms with Crippen molar-refractivity contribution in [2.75, 3.05) is 19.0 Å². The Balaban J connectivity index is 1.42. The summed E-state index contributed by atoms with van der Waals surface area (Å²) in [6.07, 6.45) is 3.35. The van der Waals surface area contributed by atoms with Gasteiger partial charge in [-0.15, -0.1) is 11.3 Å². The minimum absolute atomic E-state index is 0.00828. The van der Waals surface area contributed by atoms with Crippen molar-refractivity contribution < 1.29 is 14.3 Å². The second kappa shape index (κ2) is 10.5. The maximum atomic E-state index is 12.8. The van der Waals surface area contributed by atoms with E-state index in [0.29, 0.717) is 36.5 Å². The van der Waals surface area contributed by atoms with Crippen LogP contribution in [0.4, 0.5) is 5.00 Å². The number of carbonyl (C=O) groups excluding carboxylic acids is 2. The second-order valence-corrected chi connectivity index (χ2v) is 9.35. The largest absolute Gasteiger partial charge is 0.496 e. The molecule has 0 spiro atoms. The molecule has 0 atom stereocenters. The summed E-state index contributed by atoms with van der Waals surface area (Å²) in [6, 6.07) is 13.7. The Morgan fingerprint density at radius 2 is 2.15 bits per heavy atom. The Morgan fingerprint density at radius 3 is 2.88 bits per heavy atom. The van der Waals surface area contributed by atoms with E-state index in [0.717, 1.165) is 33.0 Å². The SMILES string of the molecule is COc1ccc(C)cc1CCC(=O)Nc1sc2c(c1C#N)CCN(C(=O)Cc1ccccn1)C2. The van der Waals surface area contributed by atoms with Crippen molar-refractivity contribution in [3.8, 4) is 11.8 Å². The summed E-state index contributed by atoms with van der Waals surface area (Å²) in [5.74, 6) is 0.619. The Labute approximate surface area is 203 Å². The molecule has 0 fully saturated rings. The third kappa shape index (κ3) is 5.26. The van der Waals surface area contributed by atoms with Gasteiger partial charge in [0.05, 0.1) is 25.6 Å². The Hall–Kier alpha value is -3.70. The number of thiophene rings is 1. The van der Waals surface area contributed by atoms with E-state index in [1.54, 1.807) is 18.2 Å². The first-order chi connectivity index (χ1) is 16.5. The number of nitrogens with one attached hydrogen (secondary N) is 1. The van der Waals surface area contributed by atoms with Crippen molar-refractivity contribution in [3.05, 3.63) is 75.4 Å². The highest BCUT2D eigenvalue weighted by Gasteiger charge is 2.27. The molecule has 2 amide bonds. The van der Waals surface area contributed by atoms with Gasteiger partial charge in [0.2, 0.25) is 11.8 Å². The number of anilines is 1. The number of fused-ring (bicyclic) bond motifs is 1. The first-order valence-electron chi connectivity index (χ1n) is 11.1. The number of hydrogen-bond acceptors (Lipinski definition) is 6. The molecule has 3 aromatic rings. The van der Waals surface area contributed by atoms with E-state index in [2.05, 4.69) is 16.4 Å². The summed E-state index contributed by atoms with van der Waals surface area (Å²) in [5.41, 5.74) is 4.27. The summed E-state index contributed by atoms with van der Waals surface area (Å²) in [7, 11) is 1.62. The topological polar surface area (TPSA) is 95.3 Å². The summed E-state index contributed by atoms with van der Waals surface area (Å²) in [6.45, 7) is 2.99. The molecular weight excluding hydrogens is 448 g/mol. The van der Waals surface area contributed by atoms with Gasteiger partial charge in [0, 0.05) is 29.7 Å². The van der Waals surface area contributed by atoms with Crippen LogP contribution in [0.15, 0.2) is 42.6 Å². The van der Waals surface area contributed by atoms with Crippen molar-refractivity contribution in [1.82, 2.24) is 9.88 Å². The van der Waals surface area contributed by atoms with Crippen LogP contribution >= 0.6 is 11.3 Å². The van der Waals surface area contributed by atoms with Crippen molar-refractivity contribution in [2.45, 2.75) is 39.2 Å². The monoisotopic (exact) mass is 474 g/mol. The number of benzene rings is 1. The highest BCUT2D eigenvalue weighted by molar-refractivity contribution is 7.16. The van der Waals surface area contributed by atoms with Gasteiger partial charge in [-0.25, -0.2) is 0 Å². The van der Waals surface area contributed by atoms with Crippen molar-refractivity contribution in [2.24, 2.45) is 0 Å². The maximum absolute atomic E-state index is 12.8. The number of aryl methyl sites for hydroxylation is 2. The number of rotatable bonds is 7. The van der Waals surface area contributed by atoms with Crippen molar-refractivity contribution in [3.63, 3.8) is 0 Å². The molecule has 0 unspecified atom stereocenters. The van der Waals surface area contributed by atoms with Gasteiger partial charge in [-0.3, -0.25) is 14.6 Å². The van der Waals surface area contributed by atoms with Gasteiger partial charge in [0.15, 0.2) is 0 Å². The van der Waals surface area contributed by atoms with Gasteiger partial charge in [-0.05, 0) is 49.1 Å². The summed E-state index contributed by atoms with van der Waals surface area (Å²) in [4.78, 5) is 32.4. The van der Waals surface area contributed by atoms with Crippen LogP contribution in [0.1, 0.15) is 39.2 Å². The maximum Gasteiger partial charge on any atom is 0.228 e. The Bertz CT molecular complexity index is 1250. The fourth-order valence-electron chi connectivity index (χ4n) is 4.13. The normalized spacial score (nSPS) is 12.6. The standard InChI is InChI=1S/C26H26N4O3S/c1-17-6-8-22(33-2)18(13-17)7-9-24(31)29-26-21(15-27)20-10-12-30(16-23(20)34-26)25(32)14-19-5-3-4-11-28-19/h3-6,8,11,13H,7,9-10,12,14,16H2,1-2H3,(H,29,31). The molecule has 7 nitrogen and oxygen atoms in total. The Kier molecular flexibility index (Phi) is 7.24. The average Bonchev–Trinajstić information content (AvgIpc) is 3.19. The van der Waals surface area contributed by atoms with Gasteiger partial charge in [0.25, 0.3) is 0 Å². The van der Waals surface area contributed by atoms with E-state index in [1.807, 2.05) is 43.3 Å². The number of ether oxygens (including phenoxy) is 1. The lowest BCUT2D eigenvalue weighted by Crippen LogP contribution is -2.36. The molecule has 174 valence electrons. The first kappa shape index (κ1) is 23.5. The molecule has 1 N–H and O–H groups in total. The summed E-state index contributed by atoms with van der Waals surface area (Å²) in [5, 5.41) is 13.2. The van der Waals surface area contributed by atoms with Gasteiger partial charge in [-0.1, -0.05) is 23.8 Å². The van der Waals surface area contributed by atoms with Crippen molar-refractivity contribution in [1.29, 1.82) is 5.26 Å². The van der Waals surface area contributed by atoms with Crippen LogP contribution in [0.2, 0.25) is 0 Å². The number of carbonyl (C=O) groups is 2. The van der Waals surface area contributed by atoms with Crippen LogP contribution in [0.25, 0.3) is 0 Å². The zero-order chi connectivity index (χ0) is 24.1. The van der Waals surface area contributed by atoms with E-state index in [4.69, 9.17) is 4.74 Å². The summed E-state index contributed by atoms with van der Waals surface area (Å²) >= 11 is 1.39. The van der Waals surface area contributed by atoms with E-state index in [-0.39, 0.29) is 24.7 Å². The molecule has 1 aromatic carbocycles. The smallest absolute Gasteiger partial charge is 0.228 e.